The van der Waals surface area contributed by atoms with Gasteiger partial charge in [-0.1, -0.05) is 6.07 Å². The quantitative estimate of drug-likeness (QED) is 0.686. The summed E-state index contributed by atoms with van der Waals surface area (Å²) in [5.41, 5.74) is 2.64. The summed E-state index contributed by atoms with van der Waals surface area (Å²) in [6.07, 6.45) is -0.645. The highest BCUT2D eigenvalue weighted by atomic mass is 16.6. The van der Waals surface area contributed by atoms with Gasteiger partial charge in [0.2, 0.25) is 0 Å². The van der Waals surface area contributed by atoms with Crippen LogP contribution in [0.4, 0.5) is 16.2 Å². The zero-order valence-corrected chi connectivity index (χ0v) is 11.6. The van der Waals surface area contributed by atoms with Crippen molar-refractivity contribution in [3.63, 3.8) is 0 Å². The lowest BCUT2D eigenvalue weighted by molar-refractivity contribution is -0.384. The number of benzene rings is 2. The summed E-state index contributed by atoms with van der Waals surface area (Å²) in [5.74, 6) is 0.238. The van der Waals surface area contributed by atoms with E-state index in [1.54, 1.807) is 0 Å². The number of hydrogen-bond donors (Lipinski definition) is 1. The normalized spacial score (nSPS) is 10.0. The van der Waals surface area contributed by atoms with Crippen molar-refractivity contribution in [3.8, 4) is 5.75 Å². The number of carbonyl (C=O) groups excluding carboxylic acids is 1. The van der Waals surface area contributed by atoms with E-state index in [0.717, 1.165) is 11.1 Å². The van der Waals surface area contributed by atoms with E-state index in [9.17, 15) is 14.9 Å². The van der Waals surface area contributed by atoms with E-state index in [0.29, 0.717) is 5.69 Å². The van der Waals surface area contributed by atoms with Gasteiger partial charge in [0.05, 0.1) is 4.92 Å². The van der Waals surface area contributed by atoms with Gasteiger partial charge in [0.15, 0.2) is 0 Å². The van der Waals surface area contributed by atoms with Gasteiger partial charge in [-0.2, -0.15) is 0 Å². The molecule has 0 spiro atoms. The third kappa shape index (κ3) is 4.04. The molecule has 0 fully saturated rings. The Bertz CT molecular complexity index is 660. The van der Waals surface area contributed by atoms with Crippen LogP contribution in [-0.2, 0) is 0 Å². The molecule has 1 amide bonds. The molecule has 21 heavy (non-hydrogen) atoms. The second kappa shape index (κ2) is 6.04. The monoisotopic (exact) mass is 286 g/mol. The van der Waals surface area contributed by atoms with Crippen LogP contribution in [0.3, 0.4) is 0 Å². The minimum atomic E-state index is -0.645. The smallest absolute Gasteiger partial charge is 0.410 e. The number of carbonyl (C=O) groups is 1. The Morgan fingerprint density at radius 3 is 2.19 bits per heavy atom. The van der Waals surface area contributed by atoms with Crippen LogP contribution >= 0.6 is 0 Å². The van der Waals surface area contributed by atoms with Crippen LogP contribution in [0.2, 0.25) is 0 Å². The molecule has 0 saturated carbocycles. The van der Waals surface area contributed by atoms with Crippen LogP contribution in [0.5, 0.6) is 5.75 Å². The maximum atomic E-state index is 11.8. The van der Waals surface area contributed by atoms with E-state index in [1.807, 2.05) is 32.0 Å². The van der Waals surface area contributed by atoms with Gasteiger partial charge in [-0.15, -0.1) is 0 Å². The highest BCUT2D eigenvalue weighted by Gasteiger charge is 2.08. The third-order valence-electron chi connectivity index (χ3n) is 2.73. The Morgan fingerprint density at radius 1 is 1.10 bits per heavy atom. The number of aryl methyl sites for hydroxylation is 2. The Morgan fingerprint density at radius 2 is 1.67 bits per heavy atom. The first-order valence-electron chi connectivity index (χ1n) is 6.25. The summed E-state index contributed by atoms with van der Waals surface area (Å²) in [6, 6.07) is 10.9. The molecule has 108 valence electrons. The van der Waals surface area contributed by atoms with Crippen molar-refractivity contribution in [1.29, 1.82) is 0 Å². The molecule has 6 heteroatoms. The zero-order valence-electron chi connectivity index (χ0n) is 11.6. The number of nitrogens with one attached hydrogen (secondary N) is 1. The van der Waals surface area contributed by atoms with Crippen molar-refractivity contribution in [2.75, 3.05) is 5.32 Å². The van der Waals surface area contributed by atoms with Crippen LogP contribution < -0.4 is 10.1 Å². The molecular formula is C15H14N2O4. The molecule has 0 bridgehead atoms. The second-order valence-electron chi connectivity index (χ2n) is 4.64. The van der Waals surface area contributed by atoms with Gasteiger partial charge in [0, 0.05) is 17.8 Å². The van der Waals surface area contributed by atoms with Crippen molar-refractivity contribution in [2.45, 2.75) is 13.8 Å². The lowest BCUT2D eigenvalue weighted by atomic mass is 10.1. The first-order chi connectivity index (χ1) is 9.94. The molecule has 2 aromatic carbocycles. The topological polar surface area (TPSA) is 81.5 Å². The van der Waals surface area contributed by atoms with Crippen LogP contribution in [0, 0.1) is 24.0 Å². The molecule has 0 radical (unpaired) electrons. The standard InChI is InChI=1S/C15H14N2O4/c1-10-7-11(2)9-12(8-10)16-15(18)21-14-5-3-13(4-6-14)17(19)20/h3-9H,1-2H3,(H,16,18). The van der Waals surface area contributed by atoms with E-state index < -0.39 is 11.0 Å². The van der Waals surface area contributed by atoms with Gasteiger partial charge >= 0.3 is 6.09 Å². The molecule has 0 atom stereocenters. The number of anilines is 1. The fourth-order valence-corrected chi connectivity index (χ4v) is 1.93. The Labute approximate surface area is 121 Å². The number of amides is 1. The summed E-state index contributed by atoms with van der Waals surface area (Å²) in [5, 5.41) is 13.1. The predicted octanol–water partition coefficient (Wildman–Crippen LogP) is 3.82. The molecule has 0 saturated heterocycles. The predicted molar refractivity (Wildman–Crippen MR) is 78.7 cm³/mol. The molecule has 0 aliphatic carbocycles. The lowest BCUT2D eigenvalue weighted by Crippen LogP contribution is -2.16. The minimum absolute atomic E-state index is 0.0583. The summed E-state index contributed by atoms with van der Waals surface area (Å²) >= 11 is 0. The van der Waals surface area contributed by atoms with Crippen molar-refractivity contribution in [3.05, 3.63) is 63.7 Å². The van der Waals surface area contributed by atoms with Crippen LogP contribution in [0.15, 0.2) is 42.5 Å². The highest BCUT2D eigenvalue weighted by molar-refractivity contribution is 5.86. The van der Waals surface area contributed by atoms with Crippen molar-refractivity contribution in [1.82, 2.24) is 0 Å². The highest BCUT2D eigenvalue weighted by Crippen LogP contribution is 2.18. The third-order valence-corrected chi connectivity index (χ3v) is 2.73. The minimum Gasteiger partial charge on any atom is -0.410 e. The number of nitro groups is 1. The number of nitro benzene ring substituents is 1. The second-order valence-corrected chi connectivity index (χ2v) is 4.64. The molecular weight excluding hydrogens is 272 g/mol. The fourth-order valence-electron chi connectivity index (χ4n) is 1.93. The first-order valence-corrected chi connectivity index (χ1v) is 6.25. The van der Waals surface area contributed by atoms with Crippen LogP contribution in [-0.4, -0.2) is 11.0 Å². The van der Waals surface area contributed by atoms with E-state index in [1.165, 1.54) is 24.3 Å². The van der Waals surface area contributed by atoms with Gasteiger partial charge in [0.1, 0.15) is 5.75 Å². The summed E-state index contributed by atoms with van der Waals surface area (Å²) < 4.78 is 5.06. The molecule has 0 aromatic heterocycles. The lowest BCUT2D eigenvalue weighted by Gasteiger charge is -2.08. The largest absolute Gasteiger partial charge is 0.417 e. The molecule has 0 unspecified atom stereocenters. The molecule has 2 aromatic rings. The fraction of sp³-hybridized carbons (Fsp3) is 0.133. The van der Waals surface area contributed by atoms with E-state index in [-0.39, 0.29) is 11.4 Å². The van der Waals surface area contributed by atoms with Crippen LogP contribution in [0.25, 0.3) is 0 Å². The number of non-ortho nitro benzene ring substituents is 1. The first kappa shape index (κ1) is 14.5. The van der Waals surface area contributed by atoms with Crippen molar-refractivity contribution in [2.24, 2.45) is 0 Å². The van der Waals surface area contributed by atoms with Gasteiger partial charge in [0.25, 0.3) is 5.69 Å². The Hall–Kier alpha value is -2.89. The van der Waals surface area contributed by atoms with Gasteiger partial charge < -0.3 is 4.74 Å². The number of nitrogens with zero attached hydrogens (tertiary/aromatic N) is 1. The maximum Gasteiger partial charge on any atom is 0.417 e. The Kier molecular flexibility index (Phi) is 4.18. The molecule has 0 aliphatic rings. The molecule has 1 N–H and O–H groups in total. The number of hydrogen-bond acceptors (Lipinski definition) is 4. The SMILES string of the molecule is Cc1cc(C)cc(NC(=O)Oc2ccc([N+](=O)[O-])cc2)c1. The van der Waals surface area contributed by atoms with E-state index in [2.05, 4.69) is 5.32 Å². The average Bonchev–Trinajstić information content (AvgIpc) is 2.37. The van der Waals surface area contributed by atoms with Gasteiger partial charge in [-0.25, -0.2) is 4.79 Å². The molecule has 6 nitrogen and oxygen atoms in total. The summed E-state index contributed by atoms with van der Waals surface area (Å²) in [4.78, 5) is 21.8. The van der Waals surface area contributed by atoms with Crippen molar-refractivity contribution < 1.29 is 14.5 Å². The zero-order chi connectivity index (χ0) is 15.4. The molecule has 2 rings (SSSR count). The maximum absolute atomic E-state index is 11.8. The van der Waals surface area contributed by atoms with E-state index >= 15 is 0 Å². The van der Waals surface area contributed by atoms with Gasteiger partial charge in [-0.3, -0.25) is 15.4 Å². The van der Waals surface area contributed by atoms with Crippen molar-refractivity contribution >= 4 is 17.5 Å². The van der Waals surface area contributed by atoms with Crippen LogP contribution in [0.1, 0.15) is 11.1 Å². The molecule has 0 heterocycles. The van der Waals surface area contributed by atoms with E-state index in [4.69, 9.17) is 4.74 Å². The molecule has 0 aliphatic heterocycles. The Balaban J connectivity index is 2.02. The number of ether oxygens (including phenoxy) is 1. The average molecular weight is 286 g/mol. The number of rotatable bonds is 3. The summed E-state index contributed by atoms with van der Waals surface area (Å²) in [6.45, 7) is 3.86. The summed E-state index contributed by atoms with van der Waals surface area (Å²) in [7, 11) is 0. The van der Waals surface area contributed by atoms with Gasteiger partial charge in [-0.05, 0) is 49.2 Å².